The molecule has 0 radical (unpaired) electrons. The molecule has 0 spiro atoms. The first kappa shape index (κ1) is 9.84. The minimum absolute atomic E-state index is 0.528. The average Bonchev–Trinajstić information content (AvgIpc) is 2.86. The smallest absolute Gasteiger partial charge is 0.218 e. The van der Waals surface area contributed by atoms with E-state index in [1.165, 1.54) is 0 Å². The Kier molecular flexibility index (Phi) is 2.46. The molecule has 3 rings (SSSR count). The van der Waals surface area contributed by atoms with Gasteiger partial charge in [-0.2, -0.15) is 9.61 Å². The zero-order valence-corrected chi connectivity index (χ0v) is 9.15. The first-order valence-corrected chi connectivity index (χ1v) is 5.39. The highest BCUT2D eigenvalue weighted by atomic mass is 16.5. The summed E-state index contributed by atoms with van der Waals surface area (Å²) in [5.74, 6) is 0.698. The Hall–Kier alpha value is -2.36. The number of aromatic nitrogens is 3. The van der Waals surface area contributed by atoms with Gasteiger partial charge in [-0.15, -0.1) is 0 Å². The van der Waals surface area contributed by atoms with Crippen LogP contribution in [-0.2, 0) is 6.61 Å². The summed E-state index contributed by atoms with van der Waals surface area (Å²) in [7, 11) is 0. The molecule has 4 nitrogen and oxygen atoms in total. The predicted molar refractivity (Wildman–Crippen MR) is 63.8 cm³/mol. The molecule has 0 atom stereocenters. The predicted octanol–water partition coefficient (Wildman–Crippen LogP) is 2.31. The van der Waals surface area contributed by atoms with Crippen molar-refractivity contribution in [1.82, 2.24) is 14.6 Å². The van der Waals surface area contributed by atoms with E-state index < -0.39 is 0 Å². The fourth-order valence-electron chi connectivity index (χ4n) is 1.65. The molecule has 0 aliphatic heterocycles. The van der Waals surface area contributed by atoms with E-state index in [9.17, 15) is 0 Å². The molecule has 0 amide bonds. The fourth-order valence-corrected chi connectivity index (χ4v) is 1.65. The third-order valence-electron chi connectivity index (χ3n) is 2.48. The van der Waals surface area contributed by atoms with Gasteiger partial charge in [0.1, 0.15) is 6.61 Å². The van der Waals surface area contributed by atoms with Gasteiger partial charge in [0, 0.05) is 18.3 Å². The second-order valence-corrected chi connectivity index (χ2v) is 3.66. The molecule has 4 heteroatoms. The summed E-state index contributed by atoms with van der Waals surface area (Å²) in [5.41, 5.74) is 1.92. The van der Waals surface area contributed by atoms with Crippen LogP contribution in [0.2, 0.25) is 0 Å². The number of hydrogen-bond acceptors (Lipinski definition) is 3. The fraction of sp³-hybridized carbons (Fsp3) is 0.0769. The van der Waals surface area contributed by atoms with E-state index in [0.29, 0.717) is 12.5 Å². The lowest BCUT2D eigenvalue weighted by Crippen LogP contribution is -2.01. The van der Waals surface area contributed by atoms with Gasteiger partial charge in [0.15, 0.2) is 5.65 Å². The molecule has 1 aromatic carbocycles. The third-order valence-corrected chi connectivity index (χ3v) is 2.48. The number of benzene rings is 1. The van der Waals surface area contributed by atoms with Crippen molar-refractivity contribution in [2.24, 2.45) is 0 Å². The van der Waals surface area contributed by atoms with Crippen LogP contribution in [0, 0.1) is 0 Å². The van der Waals surface area contributed by atoms with Gasteiger partial charge in [-0.05, 0) is 5.56 Å². The minimum Gasteiger partial charge on any atom is -0.473 e. The van der Waals surface area contributed by atoms with Crippen molar-refractivity contribution in [3.63, 3.8) is 0 Å². The van der Waals surface area contributed by atoms with E-state index in [2.05, 4.69) is 10.1 Å². The van der Waals surface area contributed by atoms with Crippen LogP contribution in [0.4, 0.5) is 0 Å². The Bertz CT molecular complexity index is 619. The van der Waals surface area contributed by atoms with Gasteiger partial charge >= 0.3 is 0 Å². The van der Waals surface area contributed by atoms with Crippen LogP contribution in [-0.4, -0.2) is 14.6 Å². The molecule has 0 unspecified atom stereocenters. The maximum absolute atomic E-state index is 5.72. The largest absolute Gasteiger partial charge is 0.473 e. The van der Waals surface area contributed by atoms with Gasteiger partial charge in [0.2, 0.25) is 5.88 Å². The highest BCUT2D eigenvalue weighted by Gasteiger charge is 2.02. The molecule has 0 fully saturated rings. The summed E-state index contributed by atoms with van der Waals surface area (Å²) in [6.45, 7) is 0.528. The molecular formula is C13H11N3O. The first-order valence-electron chi connectivity index (χ1n) is 5.39. The number of ether oxygens (including phenoxy) is 1. The van der Waals surface area contributed by atoms with Gasteiger partial charge < -0.3 is 4.74 Å². The van der Waals surface area contributed by atoms with Crippen molar-refractivity contribution in [1.29, 1.82) is 0 Å². The lowest BCUT2D eigenvalue weighted by molar-refractivity contribution is 0.285. The van der Waals surface area contributed by atoms with Gasteiger partial charge in [-0.3, -0.25) is 0 Å². The normalized spacial score (nSPS) is 10.6. The monoisotopic (exact) mass is 225 g/mol. The van der Waals surface area contributed by atoms with Crippen molar-refractivity contribution in [2.45, 2.75) is 6.61 Å². The highest BCUT2D eigenvalue weighted by molar-refractivity contribution is 5.38. The second kappa shape index (κ2) is 4.25. The zero-order valence-electron chi connectivity index (χ0n) is 9.15. The first-order chi connectivity index (χ1) is 8.43. The maximum atomic E-state index is 5.72. The van der Waals surface area contributed by atoms with Crippen molar-refractivity contribution >= 4 is 5.65 Å². The Balaban J connectivity index is 1.84. The van der Waals surface area contributed by atoms with Crippen LogP contribution in [0.3, 0.4) is 0 Å². The van der Waals surface area contributed by atoms with E-state index >= 15 is 0 Å². The Morgan fingerprint density at radius 1 is 1.00 bits per heavy atom. The van der Waals surface area contributed by atoms with Crippen LogP contribution in [0.1, 0.15) is 5.56 Å². The molecule has 0 aliphatic carbocycles. The van der Waals surface area contributed by atoms with E-state index in [4.69, 9.17) is 4.74 Å². The standard InChI is InChI=1S/C13H11N3O/c1-2-4-11(5-3-1)10-17-13-7-8-14-12-6-9-15-16(12)13/h1-9H,10H2. The second-order valence-electron chi connectivity index (χ2n) is 3.66. The van der Waals surface area contributed by atoms with Crippen molar-refractivity contribution in [3.05, 3.63) is 60.4 Å². The summed E-state index contributed by atoms with van der Waals surface area (Å²) in [5, 5.41) is 4.16. The molecule has 0 N–H and O–H groups in total. The molecule has 0 saturated carbocycles. The molecule has 3 aromatic rings. The van der Waals surface area contributed by atoms with Crippen LogP contribution in [0.25, 0.3) is 5.65 Å². The minimum atomic E-state index is 0.528. The van der Waals surface area contributed by atoms with E-state index in [1.54, 1.807) is 16.9 Å². The third kappa shape index (κ3) is 1.97. The Labute approximate surface area is 98.5 Å². The lowest BCUT2D eigenvalue weighted by atomic mass is 10.2. The molecule has 84 valence electrons. The molecular weight excluding hydrogens is 214 g/mol. The summed E-state index contributed by atoms with van der Waals surface area (Å²) < 4.78 is 7.41. The molecule has 2 heterocycles. The van der Waals surface area contributed by atoms with E-state index in [-0.39, 0.29) is 0 Å². The number of nitrogens with zero attached hydrogens (tertiary/aromatic N) is 3. The van der Waals surface area contributed by atoms with Crippen molar-refractivity contribution in [2.75, 3.05) is 0 Å². The van der Waals surface area contributed by atoms with E-state index in [0.717, 1.165) is 11.2 Å². The van der Waals surface area contributed by atoms with Gasteiger partial charge in [-0.1, -0.05) is 30.3 Å². The van der Waals surface area contributed by atoms with Gasteiger partial charge in [-0.25, -0.2) is 4.98 Å². The quantitative estimate of drug-likeness (QED) is 0.686. The summed E-state index contributed by atoms with van der Waals surface area (Å²) in [6.07, 6.45) is 3.43. The maximum Gasteiger partial charge on any atom is 0.218 e. The zero-order chi connectivity index (χ0) is 11.5. The molecule has 0 bridgehead atoms. The van der Waals surface area contributed by atoms with Crippen LogP contribution in [0.5, 0.6) is 5.88 Å². The summed E-state index contributed by atoms with van der Waals surface area (Å²) in [6, 6.07) is 13.7. The van der Waals surface area contributed by atoms with Crippen molar-refractivity contribution < 1.29 is 4.74 Å². The number of rotatable bonds is 3. The van der Waals surface area contributed by atoms with Crippen LogP contribution >= 0.6 is 0 Å². The lowest BCUT2D eigenvalue weighted by Gasteiger charge is -2.07. The molecule has 17 heavy (non-hydrogen) atoms. The van der Waals surface area contributed by atoms with Gasteiger partial charge in [0.05, 0.1) is 6.20 Å². The topological polar surface area (TPSA) is 39.4 Å². The highest BCUT2D eigenvalue weighted by Crippen LogP contribution is 2.13. The molecule has 2 aromatic heterocycles. The molecule has 0 aliphatic rings. The van der Waals surface area contributed by atoms with Crippen molar-refractivity contribution in [3.8, 4) is 5.88 Å². The van der Waals surface area contributed by atoms with Gasteiger partial charge in [0.25, 0.3) is 0 Å². The van der Waals surface area contributed by atoms with Crippen LogP contribution < -0.4 is 4.74 Å². The number of fused-ring (bicyclic) bond motifs is 1. The summed E-state index contributed by atoms with van der Waals surface area (Å²) >= 11 is 0. The average molecular weight is 225 g/mol. The number of hydrogen-bond donors (Lipinski definition) is 0. The Morgan fingerprint density at radius 2 is 1.88 bits per heavy atom. The molecule has 0 saturated heterocycles. The van der Waals surface area contributed by atoms with E-state index in [1.807, 2.05) is 42.5 Å². The van der Waals surface area contributed by atoms with Crippen LogP contribution in [0.15, 0.2) is 54.9 Å². The Morgan fingerprint density at radius 3 is 2.76 bits per heavy atom. The summed E-state index contributed by atoms with van der Waals surface area (Å²) in [4.78, 5) is 4.18. The SMILES string of the molecule is c1ccc(COc2ccnc3ccnn23)cc1.